The lowest BCUT2D eigenvalue weighted by molar-refractivity contribution is 0.0746. The fourth-order valence-corrected chi connectivity index (χ4v) is 3.66. The molecule has 0 radical (unpaired) electrons. The van der Waals surface area contributed by atoms with Crippen molar-refractivity contribution in [2.24, 2.45) is 0 Å². The molecule has 0 saturated carbocycles. The zero-order valence-corrected chi connectivity index (χ0v) is 13.7. The molecule has 8 heteroatoms. The molecule has 1 atom stereocenters. The van der Waals surface area contributed by atoms with Gasteiger partial charge < -0.3 is 4.90 Å². The Morgan fingerprint density at radius 2 is 2.15 bits per heavy atom. The highest BCUT2D eigenvalue weighted by Gasteiger charge is 2.29. The molecule has 1 fully saturated rings. The Bertz CT molecular complexity index is 665. The molecule has 1 aromatic rings. The lowest BCUT2D eigenvalue weighted by Gasteiger charge is -2.22. The number of rotatable bonds is 2. The summed E-state index contributed by atoms with van der Waals surface area (Å²) >= 11 is 3.09. The van der Waals surface area contributed by atoms with Crippen LogP contribution in [0.3, 0.4) is 0 Å². The van der Waals surface area contributed by atoms with Crippen LogP contribution < -0.4 is 0 Å². The van der Waals surface area contributed by atoms with Gasteiger partial charge in [-0.05, 0) is 47.8 Å². The van der Waals surface area contributed by atoms with E-state index in [0.29, 0.717) is 6.54 Å². The van der Waals surface area contributed by atoms with Crippen molar-refractivity contribution in [1.82, 2.24) is 4.90 Å². The average molecular weight is 385 g/mol. The molecular formula is C12H12BrClFNO3S. The molecule has 0 N–H and O–H groups in total. The molecule has 0 spiro atoms. The third kappa shape index (κ3) is 2.99. The van der Waals surface area contributed by atoms with Gasteiger partial charge in [0.25, 0.3) is 15.0 Å². The predicted molar refractivity (Wildman–Crippen MR) is 76.9 cm³/mol. The number of nitrogens with zero attached hydrogens (tertiary/aromatic N) is 1. The summed E-state index contributed by atoms with van der Waals surface area (Å²) in [4.78, 5) is 13.4. The second-order valence-electron chi connectivity index (χ2n) is 4.69. The minimum absolute atomic E-state index is 0.0792. The van der Waals surface area contributed by atoms with Crippen molar-refractivity contribution in [2.75, 3.05) is 6.54 Å². The van der Waals surface area contributed by atoms with Crippen LogP contribution in [0.25, 0.3) is 0 Å². The highest BCUT2D eigenvalue weighted by atomic mass is 79.9. The van der Waals surface area contributed by atoms with Crippen molar-refractivity contribution in [3.63, 3.8) is 0 Å². The number of halogens is 3. The van der Waals surface area contributed by atoms with Crippen molar-refractivity contribution < 1.29 is 17.6 Å². The second-order valence-corrected chi connectivity index (χ2v) is 8.08. The van der Waals surface area contributed by atoms with Gasteiger partial charge in [0.1, 0.15) is 10.7 Å². The van der Waals surface area contributed by atoms with Crippen LogP contribution in [0.1, 0.15) is 30.1 Å². The molecule has 1 amide bonds. The van der Waals surface area contributed by atoms with Gasteiger partial charge in [-0.3, -0.25) is 4.79 Å². The standard InChI is InChI=1S/C12H12BrClFNO3S/c1-7-3-2-4-16(7)12(17)8-5-11(20(14,18)19)10(15)6-9(8)13/h5-7H,2-4H2,1H3. The highest BCUT2D eigenvalue weighted by Crippen LogP contribution is 2.29. The Morgan fingerprint density at radius 3 is 2.65 bits per heavy atom. The van der Waals surface area contributed by atoms with Gasteiger partial charge in [-0.2, -0.15) is 0 Å². The van der Waals surface area contributed by atoms with Gasteiger partial charge in [0.15, 0.2) is 0 Å². The normalized spacial score (nSPS) is 19.4. The molecule has 20 heavy (non-hydrogen) atoms. The lowest BCUT2D eigenvalue weighted by atomic mass is 10.2. The molecule has 4 nitrogen and oxygen atoms in total. The molecule has 1 aliphatic heterocycles. The zero-order chi connectivity index (χ0) is 15.1. The summed E-state index contributed by atoms with van der Waals surface area (Å²) in [5, 5.41) is 0. The number of carbonyl (C=O) groups is 1. The van der Waals surface area contributed by atoms with E-state index in [4.69, 9.17) is 10.7 Å². The van der Waals surface area contributed by atoms with Crippen LogP contribution >= 0.6 is 26.6 Å². The summed E-state index contributed by atoms with van der Waals surface area (Å²) in [5.41, 5.74) is 0.0966. The molecular weight excluding hydrogens is 373 g/mol. The summed E-state index contributed by atoms with van der Waals surface area (Å²) in [6.45, 7) is 2.52. The van der Waals surface area contributed by atoms with Crippen LogP contribution in [0, 0.1) is 5.82 Å². The van der Waals surface area contributed by atoms with Crippen molar-refractivity contribution in [1.29, 1.82) is 0 Å². The van der Waals surface area contributed by atoms with E-state index in [9.17, 15) is 17.6 Å². The van der Waals surface area contributed by atoms with Gasteiger partial charge in [-0.15, -0.1) is 0 Å². The largest absolute Gasteiger partial charge is 0.336 e. The summed E-state index contributed by atoms with van der Waals surface area (Å²) in [5.74, 6) is -1.32. The number of carbonyl (C=O) groups excluding carboxylic acids is 1. The maximum atomic E-state index is 13.6. The van der Waals surface area contributed by atoms with Gasteiger partial charge in [-0.25, -0.2) is 12.8 Å². The van der Waals surface area contributed by atoms with E-state index in [-0.39, 0.29) is 22.0 Å². The smallest absolute Gasteiger partial charge is 0.264 e. The van der Waals surface area contributed by atoms with Crippen molar-refractivity contribution >= 4 is 41.6 Å². The quantitative estimate of drug-likeness (QED) is 0.736. The number of hydrogen-bond donors (Lipinski definition) is 0. The Labute approximate surface area is 129 Å². The number of likely N-dealkylation sites (tertiary alicyclic amines) is 1. The van der Waals surface area contributed by atoms with Gasteiger partial charge in [0, 0.05) is 27.7 Å². The molecule has 0 aromatic heterocycles. The molecule has 0 aliphatic carbocycles. The van der Waals surface area contributed by atoms with Crippen LogP contribution in [-0.2, 0) is 9.05 Å². The number of benzene rings is 1. The molecule has 0 bridgehead atoms. The van der Waals surface area contributed by atoms with E-state index < -0.39 is 19.8 Å². The first-order chi connectivity index (χ1) is 9.21. The Kier molecular flexibility index (Phi) is 4.41. The molecule has 1 aliphatic rings. The third-order valence-electron chi connectivity index (χ3n) is 3.33. The summed E-state index contributed by atoms with van der Waals surface area (Å²) < 4.78 is 36.5. The summed E-state index contributed by atoms with van der Waals surface area (Å²) in [7, 11) is 0.936. The van der Waals surface area contributed by atoms with Crippen LogP contribution in [0.5, 0.6) is 0 Å². The zero-order valence-electron chi connectivity index (χ0n) is 10.6. The van der Waals surface area contributed by atoms with Gasteiger partial charge in [0.2, 0.25) is 0 Å². The fourth-order valence-electron chi connectivity index (χ4n) is 2.27. The maximum Gasteiger partial charge on any atom is 0.264 e. The Balaban J connectivity index is 2.49. The molecule has 1 aromatic carbocycles. The number of amides is 1. The van der Waals surface area contributed by atoms with Gasteiger partial charge >= 0.3 is 0 Å². The van der Waals surface area contributed by atoms with E-state index >= 15 is 0 Å². The van der Waals surface area contributed by atoms with E-state index in [1.807, 2.05) is 6.92 Å². The van der Waals surface area contributed by atoms with E-state index in [0.717, 1.165) is 25.0 Å². The average Bonchev–Trinajstić information content (AvgIpc) is 2.73. The van der Waals surface area contributed by atoms with Crippen LogP contribution in [0.4, 0.5) is 4.39 Å². The first-order valence-electron chi connectivity index (χ1n) is 5.96. The first kappa shape index (κ1) is 15.7. The van der Waals surface area contributed by atoms with Crippen LogP contribution in [0.15, 0.2) is 21.5 Å². The van der Waals surface area contributed by atoms with Crippen molar-refractivity contribution in [3.05, 3.63) is 28.0 Å². The first-order valence-corrected chi connectivity index (χ1v) is 9.06. The van der Waals surface area contributed by atoms with Crippen LogP contribution in [0.2, 0.25) is 0 Å². The minimum Gasteiger partial charge on any atom is -0.336 e. The highest BCUT2D eigenvalue weighted by molar-refractivity contribution is 9.10. The van der Waals surface area contributed by atoms with Gasteiger partial charge in [0.05, 0.1) is 5.56 Å². The summed E-state index contributed by atoms with van der Waals surface area (Å²) in [6.07, 6.45) is 1.79. The van der Waals surface area contributed by atoms with Crippen LogP contribution in [-0.4, -0.2) is 31.8 Å². The summed E-state index contributed by atoms with van der Waals surface area (Å²) in [6, 6.07) is 2.01. The molecule has 1 heterocycles. The monoisotopic (exact) mass is 383 g/mol. The SMILES string of the molecule is CC1CCCN1C(=O)c1cc(S(=O)(=O)Cl)c(F)cc1Br. The number of hydrogen-bond acceptors (Lipinski definition) is 3. The van der Waals surface area contributed by atoms with Crippen molar-refractivity contribution in [3.8, 4) is 0 Å². The van der Waals surface area contributed by atoms with E-state index in [1.54, 1.807) is 4.90 Å². The maximum absolute atomic E-state index is 13.6. The fraction of sp³-hybridized carbons (Fsp3) is 0.417. The molecule has 2 rings (SSSR count). The predicted octanol–water partition coefficient (Wildman–Crippen LogP) is 3.14. The Morgan fingerprint density at radius 1 is 1.50 bits per heavy atom. The van der Waals surface area contributed by atoms with E-state index in [2.05, 4.69) is 15.9 Å². The second kappa shape index (κ2) is 5.61. The third-order valence-corrected chi connectivity index (χ3v) is 5.32. The van der Waals surface area contributed by atoms with Crippen molar-refractivity contribution in [2.45, 2.75) is 30.7 Å². The minimum atomic E-state index is -4.24. The lowest BCUT2D eigenvalue weighted by Crippen LogP contribution is -2.34. The molecule has 1 saturated heterocycles. The Hall–Kier alpha value is -0.660. The molecule has 1 unspecified atom stereocenters. The van der Waals surface area contributed by atoms with E-state index in [1.165, 1.54) is 0 Å². The van der Waals surface area contributed by atoms with Gasteiger partial charge in [-0.1, -0.05) is 0 Å². The topological polar surface area (TPSA) is 54.5 Å². The molecule has 110 valence electrons.